The van der Waals surface area contributed by atoms with E-state index in [-0.39, 0.29) is 17.1 Å². The molecule has 5 nitrogen and oxygen atoms in total. The first-order valence-electron chi connectivity index (χ1n) is 8.23. The Morgan fingerprint density at radius 1 is 1.11 bits per heavy atom. The standard InChI is InChI=1S/C20H19NO4S2/c1-13-4-7-15(8-5-13)19-21-16(12-26-19)11-25-20(22)18-10-17(27(3,23)24)9-6-14(18)2/h4-10,12H,11H2,1-3H3. The summed E-state index contributed by atoms with van der Waals surface area (Å²) in [4.78, 5) is 17.0. The number of sulfone groups is 1. The van der Waals surface area contributed by atoms with Crippen LogP contribution in [0, 0.1) is 13.8 Å². The molecule has 0 N–H and O–H groups in total. The van der Waals surface area contributed by atoms with Gasteiger partial charge in [-0.25, -0.2) is 18.2 Å². The van der Waals surface area contributed by atoms with Crippen LogP contribution < -0.4 is 0 Å². The molecule has 0 spiro atoms. The minimum Gasteiger partial charge on any atom is -0.456 e. The van der Waals surface area contributed by atoms with Crippen LogP contribution in [0.2, 0.25) is 0 Å². The van der Waals surface area contributed by atoms with Crippen LogP contribution in [0.25, 0.3) is 10.6 Å². The zero-order chi connectivity index (χ0) is 19.6. The van der Waals surface area contributed by atoms with E-state index in [1.807, 2.05) is 36.6 Å². The Hall–Kier alpha value is -2.51. The molecule has 3 rings (SSSR count). The number of aryl methyl sites for hydroxylation is 2. The zero-order valence-electron chi connectivity index (χ0n) is 15.2. The number of rotatable bonds is 5. The van der Waals surface area contributed by atoms with Crippen LogP contribution >= 0.6 is 11.3 Å². The molecular weight excluding hydrogens is 382 g/mol. The smallest absolute Gasteiger partial charge is 0.338 e. The summed E-state index contributed by atoms with van der Waals surface area (Å²) in [6.45, 7) is 3.79. The molecule has 0 aliphatic carbocycles. The Kier molecular flexibility index (Phi) is 5.43. The van der Waals surface area contributed by atoms with Crippen molar-refractivity contribution in [1.82, 2.24) is 4.98 Å². The molecule has 0 aliphatic heterocycles. The maximum Gasteiger partial charge on any atom is 0.338 e. The maximum atomic E-state index is 12.4. The van der Waals surface area contributed by atoms with Crippen molar-refractivity contribution in [3.63, 3.8) is 0 Å². The molecule has 140 valence electrons. The van der Waals surface area contributed by atoms with E-state index in [1.165, 1.54) is 29.0 Å². The lowest BCUT2D eigenvalue weighted by Crippen LogP contribution is -2.09. The van der Waals surface area contributed by atoms with Gasteiger partial charge < -0.3 is 4.74 Å². The number of carbonyl (C=O) groups is 1. The maximum absolute atomic E-state index is 12.4. The average molecular weight is 402 g/mol. The third kappa shape index (κ3) is 4.61. The lowest BCUT2D eigenvalue weighted by atomic mass is 10.1. The lowest BCUT2D eigenvalue weighted by molar-refractivity contribution is 0.0467. The van der Waals surface area contributed by atoms with Crippen molar-refractivity contribution < 1.29 is 17.9 Å². The van der Waals surface area contributed by atoms with Gasteiger partial charge in [-0.2, -0.15) is 0 Å². The Morgan fingerprint density at radius 2 is 1.81 bits per heavy atom. The molecule has 3 aromatic rings. The highest BCUT2D eigenvalue weighted by atomic mass is 32.2. The highest BCUT2D eigenvalue weighted by Crippen LogP contribution is 2.24. The minimum atomic E-state index is -3.39. The first-order valence-corrected chi connectivity index (χ1v) is 11.0. The highest BCUT2D eigenvalue weighted by molar-refractivity contribution is 7.90. The molecular formula is C20H19NO4S2. The van der Waals surface area contributed by atoms with Gasteiger partial charge in [0.25, 0.3) is 0 Å². The Balaban J connectivity index is 1.72. The van der Waals surface area contributed by atoms with Crippen LogP contribution in [-0.2, 0) is 21.2 Å². The summed E-state index contributed by atoms with van der Waals surface area (Å²) in [5, 5.41) is 2.71. The number of benzene rings is 2. The Morgan fingerprint density at radius 3 is 2.48 bits per heavy atom. The molecule has 0 radical (unpaired) electrons. The number of hydrogen-bond donors (Lipinski definition) is 0. The van der Waals surface area contributed by atoms with E-state index >= 15 is 0 Å². The van der Waals surface area contributed by atoms with Crippen molar-refractivity contribution in [1.29, 1.82) is 0 Å². The van der Waals surface area contributed by atoms with E-state index in [4.69, 9.17) is 4.74 Å². The highest BCUT2D eigenvalue weighted by Gasteiger charge is 2.16. The Labute approximate surface area is 162 Å². The molecule has 0 unspecified atom stereocenters. The van der Waals surface area contributed by atoms with Crippen molar-refractivity contribution >= 4 is 27.1 Å². The van der Waals surface area contributed by atoms with Gasteiger partial charge in [0.15, 0.2) is 9.84 Å². The largest absolute Gasteiger partial charge is 0.456 e. The van der Waals surface area contributed by atoms with E-state index in [0.29, 0.717) is 11.3 Å². The second kappa shape index (κ2) is 7.62. The van der Waals surface area contributed by atoms with Crippen molar-refractivity contribution in [2.24, 2.45) is 0 Å². The number of esters is 1. The number of carbonyl (C=O) groups excluding carboxylic acids is 1. The van der Waals surface area contributed by atoms with Crippen LogP contribution in [0.15, 0.2) is 52.7 Å². The molecule has 0 saturated carbocycles. The normalized spacial score (nSPS) is 11.4. The molecule has 0 aliphatic rings. The number of aromatic nitrogens is 1. The predicted octanol–water partition coefficient (Wildman–Crippen LogP) is 4.19. The van der Waals surface area contributed by atoms with Crippen LogP contribution in [-0.4, -0.2) is 25.6 Å². The van der Waals surface area contributed by atoms with Gasteiger partial charge >= 0.3 is 5.97 Å². The van der Waals surface area contributed by atoms with Crippen molar-refractivity contribution in [2.75, 3.05) is 6.26 Å². The summed E-state index contributed by atoms with van der Waals surface area (Å²) < 4.78 is 28.7. The van der Waals surface area contributed by atoms with Gasteiger partial charge in [-0.05, 0) is 31.5 Å². The summed E-state index contributed by atoms with van der Waals surface area (Å²) in [5.41, 5.74) is 3.75. The number of hydrogen-bond acceptors (Lipinski definition) is 6. The molecule has 0 fully saturated rings. The molecule has 0 saturated heterocycles. The zero-order valence-corrected chi connectivity index (χ0v) is 16.9. The van der Waals surface area contributed by atoms with Gasteiger partial charge in [-0.15, -0.1) is 11.3 Å². The number of ether oxygens (including phenoxy) is 1. The van der Waals surface area contributed by atoms with Crippen LogP contribution in [0.1, 0.15) is 27.2 Å². The quantitative estimate of drug-likeness (QED) is 0.600. The van der Waals surface area contributed by atoms with Crippen LogP contribution in [0.3, 0.4) is 0 Å². The number of thiazole rings is 1. The molecule has 2 aromatic carbocycles. The molecule has 0 amide bonds. The van der Waals surface area contributed by atoms with E-state index in [9.17, 15) is 13.2 Å². The summed E-state index contributed by atoms with van der Waals surface area (Å²) >= 11 is 1.48. The second-order valence-electron chi connectivity index (χ2n) is 6.34. The van der Waals surface area contributed by atoms with Crippen molar-refractivity contribution in [3.8, 4) is 10.6 Å². The van der Waals surface area contributed by atoms with E-state index in [1.54, 1.807) is 13.0 Å². The molecule has 7 heteroatoms. The first kappa shape index (κ1) is 19.3. The van der Waals surface area contributed by atoms with Gasteiger partial charge in [0.2, 0.25) is 0 Å². The van der Waals surface area contributed by atoms with Crippen LogP contribution in [0.4, 0.5) is 0 Å². The monoisotopic (exact) mass is 401 g/mol. The molecule has 27 heavy (non-hydrogen) atoms. The molecule has 1 aromatic heterocycles. The third-order valence-corrected chi connectivity index (χ3v) is 6.11. The SMILES string of the molecule is Cc1ccc(-c2nc(COC(=O)c3cc(S(C)(=O)=O)ccc3C)cs2)cc1. The van der Waals surface area contributed by atoms with Crippen molar-refractivity contribution in [3.05, 3.63) is 70.2 Å². The topological polar surface area (TPSA) is 73.3 Å². The third-order valence-electron chi connectivity index (χ3n) is 4.06. The van der Waals surface area contributed by atoms with Gasteiger partial charge in [-0.1, -0.05) is 35.9 Å². The summed E-state index contributed by atoms with van der Waals surface area (Å²) in [6, 6.07) is 12.5. The first-order chi connectivity index (χ1) is 12.7. The van der Waals surface area contributed by atoms with E-state index in [2.05, 4.69) is 4.98 Å². The fourth-order valence-electron chi connectivity index (χ4n) is 2.47. The molecule has 1 heterocycles. The fraction of sp³-hybridized carbons (Fsp3) is 0.200. The van der Waals surface area contributed by atoms with E-state index in [0.717, 1.165) is 16.8 Å². The van der Waals surface area contributed by atoms with E-state index < -0.39 is 15.8 Å². The number of nitrogens with zero attached hydrogens (tertiary/aromatic N) is 1. The Bertz CT molecular complexity index is 1080. The minimum absolute atomic E-state index is 0.0315. The average Bonchev–Trinajstić information content (AvgIpc) is 3.08. The summed E-state index contributed by atoms with van der Waals surface area (Å²) in [6.07, 6.45) is 1.11. The van der Waals surface area contributed by atoms with Crippen LogP contribution in [0.5, 0.6) is 0 Å². The second-order valence-corrected chi connectivity index (χ2v) is 9.21. The lowest BCUT2D eigenvalue weighted by Gasteiger charge is -2.08. The molecule has 0 atom stereocenters. The van der Waals surface area contributed by atoms with Crippen molar-refractivity contribution in [2.45, 2.75) is 25.3 Å². The fourth-order valence-corrected chi connectivity index (χ4v) is 3.93. The summed E-state index contributed by atoms with van der Waals surface area (Å²) in [7, 11) is -3.39. The van der Waals surface area contributed by atoms with Gasteiger partial charge in [0, 0.05) is 17.2 Å². The van der Waals surface area contributed by atoms with Gasteiger partial charge in [-0.3, -0.25) is 0 Å². The molecule has 0 bridgehead atoms. The van der Waals surface area contributed by atoms with Gasteiger partial charge in [0.1, 0.15) is 11.6 Å². The predicted molar refractivity (Wildman–Crippen MR) is 106 cm³/mol. The summed E-state index contributed by atoms with van der Waals surface area (Å²) in [5.74, 6) is -0.567. The van der Waals surface area contributed by atoms with Gasteiger partial charge in [0.05, 0.1) is 16.2 Å².